The molecular formula is C15H13N3O2S. The maximum absolute atomic E-state index is 5.72. The van der Waals surface area contributed by atoms with Gasteiger partial charge in [-0.2, -0.15) is 0 Å². The molecule has 1 aromatic carbocycles. The lowest BCUT2D eigenvalue weighted by Gasteiger charge is -2.05. The van der Waals surface area contributed by atoms with Gasteiger partial charge in [-0.25, -0.2) is 4.99 Å². The second-order valence-electron chi connectivity index (χ2n) is 4.31. The van der Waals surface area contributed by atoms with Crippen LogP contribution in [0.2, 0.25) is 0 Å². The van der Waals surface area contributed by atoms with E-state index in [4.69, 9.17) is 9.15 Å². The Balaban J connectivity index is 1.62. The number of hydrogen-bond acceptors (Lipinski definition) is 6. The molecule has 0 fully saturated rings. The summed E-state index contributed by atoms with van der Waals surface area (Å²) in [5, 5.41) is 9.42. The molecule has 0 saturated heterocycles. The lowest BCUT2D eigenvalue weighted by Crippen LogP contribution is -1.96. The van der Waals surface area contributed by atoms with Crippen molar-refractivity contribution in [1.29, 1.82) is 0 Å². The van der Waals surface area contributed by atoms with Gasteiger partial charge in [0, 0.05) is 0 Å². The molecule has 0 aliphatic carbocycles. The van der Waals surface area contributed by atoms with E-state index >= 15 is 0 Å². The molecule has 21 heavy (non-hydrogen) atoms. The van der Waals surface area contributed by atoms with Crippen LogP contribution in [0.3, 0.4) is 0 Å². The molecule has 106 valence electrons. The maximum atomic E-state index is 5.72. The van der Waals surface area contributed by atoms with E-state index in [0.717, 1.165) is 16.3 Å². The fraction of sp³-hybridized carbons (Fsp3) is 0.133. The minimum absolute atomic E-state index is 0.388. The Morgan fingerprint density at radius 3 is 2.95 bits per heavy atom. The number of ether oxygens (including phenoxy) is 1. The zero-order chi connectivity index (χ0) is 14.5. The Morgan fingerprint density at radius 2 is 2.14 bits per heavy atom. The molecular weight excluding hydrogens is 286 g/mol. The Kier molecular flexibility index (Phi) is 4.07. The molecule has 0 N–H and O–H groups in total. The van der Waals surface area contributed by atoms with Gasteiger partial charge in [0.15, 0.2) is 5.01 Å². The van der Waals surface area contributed by atoms with Gasteiger partial charge in [0.2, 0.25) is 5.13 Å². The SMILES string of the molecule is Cc1ccccc1OCc1nnc(/N=C/c2ccco2)s1. The highest BCUT2D eigenvalue weighted by molar-refractivity contribution is 7.14. The van der Waals surface area contributed by atoms with Crippen LogP contribution in [0, 0.1) is 6.92 Å². The third-order valence-electron chi connectivity index (χ3n) is 2.75. The number of para-hydroxylation sites is 1. The molecule has 3 aromatic rings. The first-order valence-electron chi connectivity index (χ1n) is 6.39. The summed E-state index contributed by atoms with van der Waals surface area (Å²) in [5.74, 6) is 1.54. The molecule has 5 nitrogen and oxygen atoms in total. The summed E-state index contributed by atoms with van der Waals surface area (Å²) < 4.78 is 10.9. The Bertz CT molecular complexity index is 735. The van der Waals surface area contributed by atoms with E-state index < -0.39 is 0 Å². The third kappa shape index (κ3) is 3.55. The predicted octanol–water partition coefficient (Wildman–Crippen LogP) is 3.77. The van der Waals surface area contributed by atoms with Gasteiger partial charge < -0.3 is 9.15 Å². The van der Waals surface area contributed by atoms with Crippen LogP contribution in [0.5, 0.6) is 5.75 Å². The molecule has 0 spiro atoms. The third-order valence-corrected chi connectivity index (χ3v) is 3.55. The van der Waals surface area contributed by atoms with Crippen LogP contribution in [0.25, 0.3) is 0 Å². The number of aliphatic imine (C=N–C) groups is 1. The lowest BCUT2D eigenvalue weighted by atomic mass is 10.2. The summed E-state index contributed by atoms with van der Waals surface area (Å²) in [7, 11) is 0. The van der Waals surface area contributed by atoms with Crippen molar-refractivity contribution in [3.63, 3.8) is 0 Å². The molecule has 0 radical (unpaired) electrons. The number of aromatic nitrogens is 2. The fourth-order valence-corrected chi connectivity index (χ4v) is 2.29. The smallest absolute Gasteiger partial charge is 0.231 e. The van der Waals surface area contributed by atoms with Crippen molar-refractivity contribution < 1.29 is 9.15 Å². The van der Waals surface area contributed by atoms with Gasteiger partial charge in [0.25, 0.3) is 0 Å². The Morgan fingerprint density at radius 1 is 1.24 bits per heavy atom. The minimum atomic E-state index is 0.388. The Labute approximate surface area is 125 Å². The van der Waals surface area contributed by atoms with Gasteiger partial charge in [0.05, 0.1) is 12.5 Å². The quantitative estimate of drug-likeness (QED) is 0.673. The zero-order valence-corrected chi connectivity index (χ0v) is 12.2. The Hall–Kier alpha value is -2.47. The highest BCUT2D eigenvalue weighted by atomic mass is 32.1. The maximum Gasteiger partial charge on any atom is 0.231 e. The molecule has 3 rings (SSSR count). The molecule has 0 atom stereocenters. The molecule has 2 aromatic heterocycles. The average Bonchev–Trinajstić information content (AvgIpc) is 3.16. The van der Waals surface area contributed by atoms with E-state index in [2.05, 4.69) is 15.2 Å². The van der Waals surface area contributed by atoms with E-state index in [-0.39, 0.29) is 0 Å². The van der Waals surface area contributed by atoms with Crippen molar-refractivity contribution in [3.8, 4) is 5.75 Å². The van der Waals surface area contributed by atoms with Crippen molar-refractivity contribution in [1.82, 2.24) is 10.2 Å². The molecule has 0 aliphatic rings. The number of rotatable bonds is 5. The number of aryl methyl sites for hydroxylation is 1. The first-order chi connectivity index (χ1) is 10.3. The molecule has 0 aliphatic heterocycles. The first-order valence-corrected chi connectivity index (χ1v) is 7.21. The van der Waals surface area contributed by atoms with Gasteiger partial charge in [-0.15, -0.1) is 10.2 Å². The lowest BCUT2D eigenvalue weighted by molar-refractivity contribution is 0.302. The van der Waals surface area contributed by atoms with E-state index in [1.54, 1.807) is 12.5 Å². The molecule has 0 unspecified atom stereocenters. The van der Waals surface area contributed by atoms with Crippen LogP contribution in [0.4, 0.5) is 5.13 Å². The standard InChI is InChI=1S/C15H13N3O2S/c1-11-5-2-3-7-13(11)20-10-14-17-18-15(21-14)16-9-12-6-4-8-19-12/h2-9H,10H2,1H3/b16-9+. The molecule has 0 amide bonds. The van der Waals surface area contributed by atoms with Crippen LogP contribution in [-0.4, -0.2) is 16.4 Å². The molecule has 0 bridgehead atoms. The van der Waals surface area contributed by atoms with Crippen molar-refractivity contribution in [3.05, 3.63) is 59.0 Å². The predicted molar refractivity (Wildman–Crippen MR) is 81.4 cm³/mol. The average molecular weight is 299 g/mol. The molecule has 6 heteroatoms. The number of hydrogen-bond donors (Lipinski definition) is 0. The topological polar surface area (TPSA) is 60.5 Å². The highest BCUT2D eigenvalue weighted by Gasteiger charge is 2.05. The largest absolute Gasteiger partial charge is 0.486 e. The monoisotopic (exact) mass is 299 g/mol. The van der Waals surface area contributed by atoms with Gasteiger partial charge in [-0.3, -0.25) is 0 Å². The zero-order valence-electron chi connectivity index (χ0n) is 11.4. The van der Waals surface area contributed by atoms with Crippen LogP contribution in [0.1, 0.15) is 16.3 Å². The van der Waals surface area contributed by atoms with E-state index in [9.17, 15) is 0 Å². The normalized spacial score (nSPS) is 11.1. The van der Waals surface area contributed by atoms with Crippen molar-refractivity contribution >= 4 is 22.7 Å². The summed E-state index contributed by atoms with van der Waals surface area (Å²) >= 11 is 1.39. The van der Waals surface area contributed by atoms with Gasteiger partial charge in [-0.1, -0.05) is 29.5 Å². The van der Waals surface area contributed by atoms with Crippen molar-refractivity contribution in [2.45, 2.75) is 13.5 Å². The number of benzene rings is 1. The summed E-state index contributed by atoms with van der Waals surface area (Å²) in [5.41, 5.74) is 1.10. The fourth-order valence-electron chi connectivity index (χ4n) is 1.70. The number of furan rings is 1. The van der Waals surface area contributed by atoms with Crippen LogP contribution >= 0.6 is 11.3 Å². The summed E-state index contributed by atoms with van der Waals surface area (Å²) in [6.45, 7) is 2.40. The summed E-state index contributed by atoms with van der Waals surface area (Å²) in [6, 6.07) is 11.5. The molecule has 0 saturated carbocycles. The van der Waals surface area contributed by atoms with Crippen LogP contribution < -0.4 is 4.74 Å². The summed E-state index contributed by atoms with van der Waals surface area (Å²) in [6.07, 6.45) is 3.22. The van der Waals surface area contributed by atoms with Crippen LogP contribution in [0.15, 0.2) is 52.1 Å². The first kappa shape index (κ1) is 13.5. The van der Waals surface area contributed by atoms with E-state index in [1.165, 1.54) is 11.3 Å². The van der Waals surface area contributed by atoms with E-state index in [1.807, 2.05) is 43.3 Å². The second kappa shape index (κ2) is 6.32. The van der Waals surface area contributed by atoms with E-state index in [0.29, 0.717) is 17.5 Å². The highest BCUT2D eigenvalue weighted by Crippen LogP contribution is 2.22. The minimum Gasteiger partial charge on any atom is -0.486 e. The van der Waals surface area contributed by atoms with Gasteiger partial charge in [0.1, 0.15) is 18.1 Å². The second-order valence-corrected chi connectivity index (χ2v) is 5.35. The molecule has 2 heterocycles. The summed E-state index contributed by atoms with van der Waals surface area (Å²) in [4.78, 5) is 4.21. The van der Waals surface area contributed by atoms with Gasteiger partial charge >= 0.3 is 0 Å². The van der Waals surface area contributed by atoms with Gasteiger partial charge in [-0.05, 0) is 30.7 Å². The van der Waals surface area contributed by atoms with Crippen molar-refractivity contribution in [2.75, 3.05) is 0 Å². The number of nitrogens with zero attached hydrogens (tertiary/aromatic N) is 3. The van der Waals surface area contributed by atoms with Crippen molar-refractivity contribution in [2.24, 2.45) is 4.99 Å². The van der Waals surface area contributed by atoms with Crippen LogP contribution in [-0.2, 0) is 6.61 Å².